The first-order chi connectivity index (χ1) is 11.4. The van der Waals surface area contributed by atoms with E-state index in [-0.39, 0.29) is 29.6 Å². The van der Waals surface area contributed by atoms with Crippen LogP contribution >= 0.6 is 0 Å². The molecule has 0 heterocycles. The summed E-state index contributed by atoms with van der Waals surface area (Å²) < 4.78 is 5.71. The van der Waals surface area contributed by atoms with Gasteiger partial charge >= 0.3 is 0 Å². The minimum absolute atomic E-state index is 0. The standard InChI is InChI=1S/C22H38O.Na/c1-2-3-4-5-6-7-8-9-10-11-12-13-14-18-21-23-22-19-16-15-17-20-22;/h15-17,19-20H,2-14,18,21H2,1H3;. The molecule has 0 aliphatic carbocycles. The molecule has 0 amide bonds. The topological polar surface area (TPSA) is 9.23 Å². The maximum absolute atomic E-state index is 5.71. The zero-order valence-corrected chi connectivity index (χ0v) is 18.4. The Morgan fingerprint density at radius 2 is 1.00 bits per heavy atom. The molecule has 1 aromatic rings. The number of unbranched alkanes of at least 4 members (excludes halogenated alkanes) is 13. The zero-order valence-electron chi connectivity index (χ0n) is 16.4. The van der Waals surface area contributed by atoms with Gasteiger partial charge in [-0.3, -0.25) is 0 Å². The second-order valence-corrected chi connectivity index (χ2v) is 6.76. The van der Waals surface area contributed by atoms with Crippen LogP contribution in [0.25, 0.3) is 0 Å². The molecule has 1 nitrogen and oxygen atoms in total. The van der Waals surface area contributed by atoms with Crippen molar-refractivity contribution in [2.45, 2.75) is 96.8 Å². The molecule has 0 aromatic heterocycles. The Morgan fingerprint density at radius 1 is 0.583 bits per heavy atom. The van der Waals surface area contributed by atoms with E-state index >= 15 is 0 Å². The molecule has 24 heavy (non-hydrogen) atoms. The van der Waals surface area contributed by atoms with Crippen LogP contribution in [0.15, 0.2) is 30.3 Å². The summed E-state index contributed by atoms with van der Waals surface area (Å²) in [6.45, 7) is 3.15. The van der Waals surface area contributed by atoms with Gasteiger partial charge in [0.15, 0.2) is 0 Å². The van der Waals surface area contributed by atoms with E-state index in [0.29, 0.717) is 0 Å². The smallest absolute Gasteiger partial charge is 0.119 e. The molecule has 0 unspecified atom stereocenters. The second-order valence-electron chi connectivity index (χ2n) is 6.76. The van der Waals surface area contributed by atoms with Gasteiger partial charge in [-0.25, -0.2) is 0 Å². The SMILES string of the molecule is CCCCCCCCCCCCCCCCOc1ccccc1.[Na]. The van der Waals surface area contributed by atoms with Crippen LogP contribution in [0.3, 0.4) is 0 Å². The molecule has 0 aliphatic heterocycles. The normalized spacial score (nSPS) is 10.4. The molecule has 133 valence electrons. The molecule has 0 aliphatic rings. The average Bonchev–Trinajstić information content (AvgIpc) is 2.59. The van der Waals surface area contributed by atoms with Gasteiger partial charge in [-0.1, -0.05) is 109 Å². The van der Waals surface area contributed by atoms with Crippen LogP contribution in [0, 0.1) is 0 Å². The monoisotopic (exact) mass is 341 g/mol. The van der Waals surface area contributed by atoms with Gasteiger partial charge in [-0.05, 0) is 18.6 Å². The van der Waals surface area contributed by atoms with Crippen LogP contribution in [0.1, 0.15) is 96.8 Å². The molecule has 2 heteroatoms. The first-order valence-corrected chi connectivity index (χ1v) is 10.1. The van der Waals surface area contributed by atoms with Crippen molar-refractivity contribution in [2.24, 2.45) is 0 Å². The Bertz CT molecular complexity index is 339. The van der Waals surface area contributed by atoms with E-state index < -0.39 is 0 Å². The van der Waals surface area contributed by atoms with Gasteiger partial charge in [-0.2, -0.15) is 0 Å². The first-order valence-electron chi connectivity index (χ1n) is 10.1. The van der Waals surface area contributed by atoms with Gasteiger partial charge in [0.2, 0.25) is 0 Å². The molecule has 0 saturated carbocycles. The van der Waals surface area contributed by atoms with E-state index in [4.69, 9.17) is 4.74 Å². The van der Waals surface area contributed by atoms with E-state index in [1.807, 2.05) is 30.3 Å². The van der Waals surface area contributed by atoms with Gasteiger partial charge in [0.05, 0.1) is 6.61 Å². The van der Waals surface area contributed by atoms with Crippen molar-refractivity contribution in [1.29, 1.82) is 0 Å². The van der Waals surface area contributed by atoms with E-state index in [1.54, 1.807) is 0 Å². The molecule has 0 fully saturated rings. The van der Waals surface area contributed by atoms with Crippen molar-refractivity contribution in [3.63, 3.8) is 0 Å². The van der Waals surface area contributed by atoms with Crippen LogP contribution in [-0.4, -0.2) is 36.2 Å². The zero-order chi connectivity index (χ0) is 16.4. The Hall–Kier alpha value is 0.0200. The summed E-state index contributed by atoms with van der Waals surface area (Å²) in [6.07, 6.45) is 19.7. The van der Waals surface area contributed by atoms with Gasteiger partial charge in [0, 0.05) is 29.6 Å². The third-order valence-corrected chi connectivity index (χ3v) is 4.51. The Balaban J connectivity index is 0.00000529. The number of hydrogen-bond donors (Lipinski definition) is 0. The summed E-state index contributed by atoms with van der Waals surface area (Å²) in [5, 5.41) is 0. The molecule has 0 N–H and O–H groups in total. The number of benzene rings is 1. The summed E-state index contributed by atoms with van der Waals surface area (Å²) in [6, 6.07) is 10.1. The fraction of sp³-hybridized carbons (Fsp3) is 0.727. The second kappa shape index (κ2) is 19.3. The van der Waals surface area contributed by atoms with Crippen LogP contribution in [0.5, 0.6) is 5.75 Å². The third-order valence-electron chi connectivity index (χ3n) is 4.51. The molecular formula is C22H38NaO. The van der Waals surface area contributed by atoms with E-state index in [9.17, 15) is 0 Å². The van der Waals surface area contributed by atoms with Crippen molar-refractivity contribution in [3.8, 4) is 5.75 Å². The largest absolute Gasteiger partial charge is 0.494 e. The molecule has 0 spiro atoms. The molecule has 1 rings (SSSR count). The van der Waals surface area contributed by atoms with Crippen LogP contribution in [0.4, 0.5) is 0 Å². The minimum Gasteiger partial charge on any atom is -0.494 e. The minimum atomic E-state index is 0. The summed E-state index contributed by atoms with van der Waals surface area (Å²) in [7, 11) is 0. The number of para-hydroxylation sites is 1. The van der Waals surface area contributed by atoms with Crippen molar-refractivity contribution in [3.05, 3.63) is 30.3 Å². The fourth-order valence-electron chi connectivity index (χ4n) is 3.00. The Kier molecular flexibility index (Phi) is 19.4. The summed E-state index contributed by atoms with van der Waals surface area (Å²) >= 11 is 0. The van der Waals surface area contributed by atoms with E-state index in [2.05, 4.69) is 6.92 Å². The maximum atomic E-state index is 5.71. The number of ether oxygens (including phenoxy) is 1. The molecule has 0 atom stereocenters. The van der Waals surface area contributed by atoms with Gasteiger partial charge in [0.25, 0.3) is 0 Å². The third kappa shape index (κ3) is 15.5. The van der Waals surface area contributed by atoms with E-state index in [0.717, 1.165) is 12.4 Å². The van der Waals surface area contributed by atoms with Gasteiger partial charge in [0.1, 0.15) is 5.75 Å². The predicted octanol–water partition coefficient (Wildman–Crippen LogP) is 7.17. The summed E-state index contributed by atoms with van der Waals surface area (Å²) in [5.41, 5.74) is 0. The predicted molar refractivity (Wildman–Crippen MR) is 108 cm³/mol. The van der Waals surface area contributed by atoms with E-state index in [1.165, 1.54) is 89.9 Å². The van der Waals surface area contributed by atoms with Crippen molar-refractivity contribution in [2.75, 3.05) is 6.61 Å². The van der Waals surface area contributed by atoms with Crippen LogP contribution < -0.4 is 4.74 Å². The Morgan fingerprint density at radius 3 is 1.46 bits per heavy atom. The van der Waals surface area contributed by atoms with Crippen LogP contribution in [0.2, 0.25) is 0 Å². The quantitative estimate of drug-likeness (QED) is 0.229. The molecule has 0 bridgehead atoms. The van der Waals surface area contributed by atoms with Gasteiger partial charge < -0.3 is 4.74 Å². The Labute approximate surface area is 173 Å². The molecular weight excluding hydrogens is 303 g/mol. The molecule has 1 aromatic carbocycles. The fourth-order valence-corrected chi connectivity index (χ4v) is 3.00. The van der Waals surface area contributed by atoms with Crippen molar-refractivity contribution in [1.82, 2.24) is 0 Å². The number of hydrogen-bond acceptors (Lipinski definition) is 1. The van der Waals surface area contributed by atoms with Gasteiger partial charge in [-0.15, -0.1) is 0 Å². The van der Waals surface area contributed by atoms with Crippen LogP contribution in [-0.2, 0) is 0 Å². The first kappa shape index (κ1) is 24.0. The maximum Gasteiger partial charge on any atom is 0.119 e. The summed E-state index contributed by atoms with van der Waals surface area (Å²) in [4.78, 5) is 0. The molecule has 0 saturated heterocycles. The summed E-state index contributed by atoms with van der Waals surface area (Å²) in [5.74, 6) is 1.00. The molecule has 1 radical (unpaired) electrons. The van der Waals surface area contributed by atoms with Crippen molar-refractivity contribution >= 4 is 29.6 Å². The van der Waals surface area contributed by atoms with Crippen molar-refractivity contribution < 1.29 is 4.74 Å². The number of rotatable bonds is 16. The average molecular weight is 342 g/mol.